The lowest BCUT2D eigenvalue weighted by molar-refractivity contribution is 0.353. The van der Waals surface area contributed by atoms with Gasteiger partial charge in [-0.25, -0.2) is 0 Å². The van der Waals surface area contributed by atoms with Gasteiger partial charge in [0.1, 0.15) is 0 Å². The molecule has 132 valence electrons. The fourth-order valence-corrected chi connectivity index (χ4v) is 5.26. The Hall–Kier alpha value is -2.56. The van der Waals surface area contributed by atoms with Crippen molar-refractivity contribution in [2.24, 2.45) is 0 Å². The van der Waals surface area contributed by atoms with Gasteiger partial charge in [-0.1, -0.05) is 61.2 Å². The van der Waals surface area contributed by atoms with E-state index in [9.17, 15) is 0 Å². The zero-order valence-corrected chi connectivity index (χ0v) is 15.9. The van der Waals surface area contributed by atoms with Crippen LogP contribution in [0.4, 0.5) is 0 Å². The number of hydrogen-bond donors (Lipinski definition) is 0. The van der Waals surface area contributed by atoms with Crippen molar-refractivity contribution >= 4 is 11.6 Å². The fourth-order valence-electron chi connectivity index (χ4n) is 5.09. The smallest absolute Gasteiger partial charge is 0.0991 e. The van der Waals surface area contributed by atoms with E-state index in [-0.39, 0.29) is 5.41 Å². The molecule has 0 radical (unpaired) electrons. The van der Waals surface area contributed by atoms with E-state index < -0.39 is 0 Å². The van der Waals surface area contributed by atoms with Crippen LogP contribution < -0.4 is 0 Å². The van der Waals surface area contributed by atoms with Crippen molar-refractivity contribution in [1.29, 1.82) is 5.26 Å². The monoisotopic (exact) mass is 369 g/mol. The molecule has 1 fully saturated rings. The third-order valence-corrected chi connectivity index (χ3v) is 6.61. The van der Waals surface area contributed by atoms with Gasteiger partial charge in [0.05, 0.1) is 11.6 Å². The highest BCUT2D eigenvalue weighted by molar-refractivity contribution is 6.30. The molecule has 0 saturated heterocycles. The minimum Gasteiger partial charge on any atom is -0.192 e. The van der Waals surface area contributed by atoms with Crippen molar-refractivity contribution in [3.8, 4) is 28.3 Å². The third-order valence-electron chi connectivity index (χ3n) is 6.38. The van der Waals surface area contributed by atoms with Crippen molar-refractivity contribution in [2.45, 2.75) is 37.5 Å². The maximum Gasteiger partial charge on any atom is 0.0991 e. The molecule has 2 heteroatoms. The second-order valence-corrected chi connectivity index (χ2v) is 8.22. The number of hydrogen-bond acceptors (Lipinski definition) is 1. The molecule has 0 N–H and O–H groups in total. The van der Waals surface area contributed by atoms with Gasteiger partial charge in [0, 0.05) is 10.4 Å². The molecule has 3 aromatic rings. The van der Waals surface area contributed by atoms with Crippen molar-refractivity contribution in [1.82, 2.24) is 0 Å². The zero-order chi connectivity index (χ0) is 18.4. The lowest BCUT2D eigenvalue weighted by Gasteiger charge is -2.36. The Bertz CT molecular complexity index is 1070. The maximum absolute atomic E-state index is 9.04. The molecule has 0 atom stereocenters. The number of nitrogens with zero attached hydrogens (tertiary/aromatic N) is 1. The van der Waals surface area contributed by atoms with Crippen LogP contribution in [0.1, 0.15) is 48.8 Å². The van der Waals surface area contributed by atoms with Crippen LogP contribution in [-0.4, -0.2) is 0 Å². The molecule has 3 aromatic carbocycles. The maximum atomic E-state index is 9.04. The van der Waals surface area contributed by atoms with Crippen LogP contribution in [-0.2, 0) is 5.41 Å². The van der Waals surface area contributed by atoms with E-state index in [2.05, 4.69) is 36.4 Å². The molecule has 1 spiro atoms. The molecule has 0 unspecified atom stereocenters. The standard InChI is InChI=1S/C25H20ClN/c26-20-9-10-21-22-14-19(18-6-4-17(16-27)5-7-18)8-11-23(22)25(24(21)15-20)12-2-1-3-13-25/h4-11,14-15H,1-3,12-13H2. The van der Waals surface area contributed by atoms with Gasteiger partial charge < -0.3 is 0 Å². The molecule has 0 heterocycles. The summed E-state index contributed by atoms with van der Waals surface area (Å²) in [6.45, 7) is 0. The Morgan fingerprint density at radius 1 is 0.741 bits per heavy atom. The first kappa shape index (κ1) is 16.6. The minimum atomic E-state index is 0.136. The van der Waals surface area contributed by atoms with E-state index in [0.717, 1.165) is 10.6 Å². The zero-order valence-electron chi connectivity index (χ0n) is 15.1. The predicted molar refractivity (Wildman–Crippen MR) is 111 cm³/mol. The number of nitriles is 1. The molecule has 2 aliphatic carbocycles. The Balaban J connectivity index is 1.69. The molecule has 5 rings (SSSR count). The summed E-state index contributed by atoms with van der Waals surface area (Å²) in [4.78, 5) is 0. The summed E-state index contributed by atoms with van der Waals surface area (Å²) in [6.07, 6.45) is 6.31. The Morgan fingerprint density at radius 2 is 1.48 bits per heavy atom. The van der Waals surface area contributed by atoms with Crippen LogP contribution in [0.5, 0.6) is 0 Å². The normalized spacial score (nSPS) is 16.6. The fraction of sp³-hybridized carbons (Fsp3) is 0.240. The highest BCUT2D eigenvalue weighted by Crippen LogP contribution is 2.56. The van der Waals surface area contributed by atoms with Crippen molar-refractivity contribution in [2.75, 3.05) is 0 Å². The van der Waals surface area contributed by atoms with Crippen LogP contribution in [0, 0.1) is 11.3 Å². The van der Waals surface area contributed by atoms with Gasteiger partial charge in [-0.2, -0.15) is 5.26 Å². The molecule has 1 saturated carbocycles. The molecular formula is C25H20ClN. The second kappa shape index (κ2) is 6.25. The molecule has 27 heavy (non-hydrogen) atoms. The van der Waals surface area contributed by atoms with Gasteiger partial charge in [0.25, 0.3) is 0 Å². The second-order valence-electron chi connectivity index (χ2n) is 7.78. The van der Waals surface area contributed by atoms with Gasteiger partial charge in [0.15, 0.2) is 0 Å². The Kier molecular flexibility index (Phi) is 3.85. The van der Waals surface area contributed by atoms with Crippen LogP contribution >= 0.6 is 11.6 Å². The Labute approximate surface area is 165 Å². The number of halogens is 1. The summed E-state index contributed by atoms with van der Waals surface area (Å²) in [7, 11) is 0. The van der Waals surface area contributed by atoms with E-state index in [1.807, 2.05) is 30.3 Å². The highest BCUT2D eigenvalue weighted by Gasteiger charge is 2.43. The van der Waals surface area contributed by atoms with Crippen molar-refractivity contribution in [3.05, 3.63) is 82.4 Å². The number of fused-ring (bicyclic) bond motifs is 5. The summed E-state index contributed by atoms with van der Waals surface area (Å²) in [5.41, 5.74) is 8.76. The topological polar surface area (TPSA) is 23.8 Å². The van der Waals surface area contributed by atoms with Gasteiger partial charge >= 0.3 is 0 Å². The first-order chi connectivity index (χ1) is 13.2. The summed E-state index contributed by atoms with van der Waals surface area (Å²) in [6, 6.07) is 23.4. The third kappa shape index (κ3) is 2.52. The SMILES string of the molecule is N#Cc1ccc(-c2ccc3c(c2)-c2ccc(Cl)cc2C32CCCCC2)cc1. The van der Waals surface area contributed by atoms with Crippen LogP contribution in [0.3, 0.4) is 0 Å². The lowest BCUT2D eigenvalue weighted by Crippen LogP contribution is -2.28. The van der Waals surface area contributed by atoms with Crippen molar-refractivity contribution in [3.63, 3.8) is 0 Å². The molecule has 0 aromatic heterocycles. The average molecular weight is 370 g/mol. The van der Waals surface area contributed by atoms with Crippen LogP contribution in [0.15, 0.2) is 60.7 Å². The van der Waals surface area contributed by atoms with E-state index in [4.69, 9.17) is 16.9 Å². The van der Waals surface area contributed by atoms with Crippen LogP contribution in [0.2, 0.25) is 5.02 Å². The summed E-state index contributed by atoms with van der Waals surface area (Å²) in [5, 5.41) is 9.87. The van der Waals surface area contributed by atoms with E-state index in [1.54, 1.807) is 0 Å². The average Bonchev–Trinajstić information content (AvgIpc) is 2.97. The molecule has 0 amide bonds. The molecular weight excluding hydrogens is 350 g/mol. The first-order valence-electron chi connectivity index (χ1n) is 9.67. The summed E-state index contributed by atoms with van der Waals surface area (Å²) in [5.74, 6) is 0. The molecule has 1 nitrogen and oxygen atoms in total. The highest BCUT2D eigenvalue weighted by atomic mass is 35.5. The Morgan fingerprint density at radius 3 is 2.22 bits per heavy atom. The minimum absolute atomic E-state index is 0.136. The van der Waals surface area contributed by atoms with E-state index in [0.29, 0.717) is 5.56 Å². The molecule has 0 bridgehead atoms. The van der Waals surface area contributed by atoms with E-state index in [1.165, 1.54) is 59.9 Å². The molecule has 0 aliphatic heterocycles. The van der Waals surface area contributed by atoms with Crippen LogP contribution in [0.25, 0.3) is 22.3 Å². The number of rotatable bonds is 1. The predicted octanol–water partition coefficient (Wildman–Crippen LogP) is 7.11. The first-order valence-corrected chi connectivity index (χ1v) is 10.0. The molecule has 2 aliphatic rings. The van der Waals surface area contributed by atoms with Crippen molar-refractivity contribution < 1.29 is 0 Å². The number of benzene rings is 3. The summed E-state index contributed by atoms with van der Waals surface area (Å²) >= 11 is 6.40. The van der Waals surface area contributed by atoms with Gasteiger partial charge in [-0.05, 0) is 76.6 Å². The van der Waals surface area contributed by atoms with Gasteiger partial charge in [0.2, 0.25) is 0 Å². The van der Waals surface area contributed by atoms with Gasteiger partial charge in [-0.3, -0.25) is 0 Å². The lowest BCUT2D eigenvalue weighted by atomic mass is 9.68. The van der Waals surface area contributed by atoms with Gasteiger partial charge in [-0.15, -0.1) is 0 Å². The van der Waals surface area contributed by atoms with E-state index >= 15 is 0 Å². The largest absolute Gasteiger partial charge is 0.192 e. The summed E-state index contributed by atoms with van der Waals surface area (Å²) < 4.78 is 0. The quantitative estimate of drug-likeness (QED) is 0.448.